The van der Waals surface area contributed by atoms with Crippen LogP contribution in [0.15, 0.2) is 30.3 Å². The van der Waals surface area contributed by atoms with Gasteiger partial charge in [-0.05, 0) is 23.8 Å². The van der Waals surface area contributed by atoms with E-state index in [1.165, 1.54) is 18.4 Å². The summed E-state index contributed by atoms with van der Waals surface area (Å²) in [6, 6.07) is 10.9. The third kappa shape index (κ3) is 3.30. The van der Waals surface area contributed by atoms with Crippen molar-refractivity contribution in [3.05, 3.63) is 35.9 Å². The molecule has 1 aromatic rings. The third-order valence-corrected chi connectivity index (χ3v) is 3.44. The minimum atomic E-state index is 0.299. The largest absolute Gasteiger partial charge is 0.294 e. The first-order chi connectivity index (χ1) is 8.07. The summed E-state index contributed by atoms with van der Waals surface area (Å²) in [5.74, 6) is 0. The van der Waals surface area contributed by atoms with Crippen LogP contribution in [-0.4, -0.2) is 17.6 Å². The first-order valence-corrected chi connectivity index (χ1v) is 6.51. The Morgan fingerprint density at radius 1 is 1.24 bits per heavy atom. The van der Waals surface area contributed by atoms with E-state index in [4.69, 9.17) is 4.84 Å². The number of hydrogen-bond donors (Lipinski definition) is 0. The molecule has 94 valence electrons. The standard InChI is InChI=1S/C15H23NO/c1-15(2,3)14-10-7-11-16(14)17-12-13-8-5-4-6-9-13/h4-6,8-9,14H,7,10-12H2,1-3H3. The topological polar surface area (TPSA) is 12.5 Å². The minimum Gasteiger partial charge on any atom is -0.294 e. The lowest BCUT2D eigenvalue weighted by atomic mass is 9.86. The molecule has 0 saturated carbocycles. The van der Waals surface area contributed by atoms with Crippen molar-refractivity contribution in [3.63, 3.8) is 0 Å². The fourth-order valence-corrected chi connectivity index (χ4v) is 2.49. The molecule has 1 fully saturated rings. The van der Waals surface area contributed by atoms with Gasteiger partial charge in [-0.2, -0.15) is 5.06 Å². The Morgan fingerprint density at radius 3 is 2.59 bits per heavy atom. The maximum Gasteiger partial charge on any atom is 0.0936 e. The van der Waals surface area contributed by atoms with Crippen molar-refractivity contribution in [1.82, 2.24) is 5.06 Å². The van der Waals surface area contributed by atoms with Crippen molar-refractivity contribution in [2.75, 3.05) is 6.54 Å². The van der Waals surface area contributed by atoms with Gasteiger partial charge < -0.3 is 0 Å². The molecular formula is C15H23NO. The number of benzene rings is 1. The Balaban J connectivity index is 1.91. The predicted molar refractivity (Wildman–Crippen MR) is 70.4 cm³/mol. The molecule has 17 heavy (non-hydrogen) atoms. The van der Waals surface area contributed by atoms with Gasteiger partial charge in [-0.15, -0.1) is 0 Å². The number of hydrogen-bond acceptors (Lipinski definition) is 2. The zero-order chi connectivity index (χ0) is 12.3. The first-order valence-electron chi connectivity index (χ1n) is 6.51. The normalized spacial score (nSPS) is 21.9. The van der Waals surface area contributed by atoms with E-state index in [0.29, 0.717) is 18.1 Å². The van der Waals surface area contributed by atoms with Crippen LogP contribution >= 0.6 is 0 Å². The molecule has 0 radical (unpaired) electrons. The van der Waals surface area contributed by atoms with E-state index >= 15 is 0 Å². The molecule has 0 amide bonds. The quantitative estimate of drug-likeness (QED) is 0.790. The molecule has 1 saturated heterocycles. The van der Waals surface area contributed by atoms with Crippen LogP contribution in [-0.2, 0) is 11.4 Å². The smallest absolute Gasteiger partial charge is 0.0936 e. The van der Waals surface area contributed by atoms with Gasteiger partial charge in [0.05, 0.1) is 6.61 Å². The monoisotopic (exact) mass is 233 g/mol. The van der Waals surface area contributed by atoms with Crippen LogP contribution in [0.3, 0.4) is 0 Å². The van der Waals surface area contributed by atoms with Gasteiger partial charge in [0.25, 0.3) is 0 Å². The zero-order valence-corrected chi connectivity index (χ0v) is 11.1. The SMILES string of the molecule is CC(C)(C)C1CCCN1OCc1ccccc1. The highest BCUT2D eigenvalue weighted by atomic mass is 16.7. The molecule has 1 aromatic carbocycles. The third-order valence-electron chi connectivity index (χ3n) is 3.44. The zero-order valence-electron chi connectivity index (χ0n) is 11.1. The fraction of sp³-hybridized carbons (Fsp3) is 0.600. The van der Waals surface area contributed by atoms with Crippen LogP contribution in [0.1, 0.15) is 39.2 Å². The van der Waals surface area contributed by atoms with E-state index < -0.39 is 0 Å². The van der Waals surface area contributed by atoms with Gasteiger partial charge in [0.1, 0.15) is 0 Å². The van der Waals surface area contributed by atoms with E-state index in [0.717, 1.165) is 6.54 Å². The first kappa shape index (κ1) is 12.6. The van der Waals surface area contributed by atoms with Crippen LogP contribution < -0.4 is 0 Å². The van der Waals surface area contributed by atoms with Crippen LogP contribution in [0.25, 0.3) is 0 Å². The summed E-state index contributed by atoms with van der Waals surface area (Å²) in [6.07, 6.45) is 2.50. The lowest BCUT2D eigenvalue weighted by molar-refractivity contribution is -0.196. The molecule has 2 rings (SSSR count). The van der Waals surface area contributed by atoms with Crippen LogP contribution in [0, 0.1) is 5.41 Å². The van der Waals surface area contributed by atoms with Gasteiger partial charge in [-0.3, -0.25) is 4.84 Å². The van der Waals surface area contributed by atoms with E-state index in [1.54, 1.807) is 0 Å². The van der Waals surface area contributed by atoms with Crippen molar-refractivity contribution in [2.24, 2.45) is 5.41 Å². The molecule has 0 N–H and O–H groups in total. The molecule has 2 nitrogen and oxygen atoms in total. The van der Waals surface area contributed by atoms with Crippen LogP contribution in [0.2, 0.25) is 0 Å². The molecule has 0 bridgehead atoms. The lowest BCUT2D eigenvalue weighted by Gasteiger charge is -2.34. The van der Waals surface area contributed by atoms with Gasteiger partial charge in [0, 0.05) is 12.6 Å². The van der Waals surface area contributed by atoms with Crippen molar-refractivity contribution in [2.45, 2.75) is 46.3 Å². The molecule has 1 atom stereocenters. The summed E-state index contributed by atoms with van der Waals surface area (Å²) < 4.78 is 0. The van der Waals surface area contributed by atoms with Gasteiger partial charge >= 0.3 is 0 Å². The molecule has 1 aliphatic heterocycles. The summed E-state index contributed by atoms with van der Waals surface area (Å²) in [7, 11) is 0. The number of rotatable bonds is 3. The number of hydroxylamine groups is 2. The van der Waals surface area contributed by atoms with E-state index in [2.05, 4.69) is 50.1 Å². The summed E-state index contributed by atoms with van der Waals surface area (Å²) in [4.78, 5) is 5.96. The van der Waals surface area contributed by atoms with Crippen molar-refractivity contribution < 1.29 is 4.84 Å². The molecule has 2 heteroatoms. The van der Waals surface area contributed by atoms with E-state index in [-0.39, 0.29) is 0 Å². The minimum absolute atomic E-state index is 0.299. The number of nitrogens with zero attached hydrogens (tertiary/aromatic N) is 1. The molecule has 0 aromatic heterocycles. The highest BCUT2D eigenvalue weighted by Gasteiger charge is 2.34. The molecule has 0 aliphatic carbocycles. The van der Waals surface area contributed by atoms with Gasteiger partial charge in [0.2, 0.25) is 0 Å². The van der Waals surface area contributed by atoms with Crippen LogP contribution in [0.5, 0.6) is 0 Å². The molecule has 0 spiro atoms. The highest BCUT2D eigenvalue weighted by Crippen LogP contribution is 2.32. The summed E-state index contributed by atoms with van der Waals surface area (Å²) >= 11 is 0. The Hall–Kier alpha value is -0.860. The van der Waals surface area contributed by atoms with Gasteiger partial charge in [-0.25, -0.2) is 0 Å². The maximum atomic E-state index is 5.96. The molecular weight excluding hydrogens is 210 g/mol. The second-order valence-corrected chi connectivity index (χ2v) is 5.92. The predicted octanol–water partition coefficient (Wildman–Crippen LogP) is 3.63. The Kier molecular flexibility index (Phi) is 3.85. The maximum absolute atomic E-state index is 5.96. The average Bonchev–Trinajstić information content (AvgIpc) is 2.75. The highest BCUT2D eigenvalue weighted by molar-refractivity contribution is 5.13. The molecule has 1 heterocycles. The van der Waals surface area contributed by atoms with E-state index in [1.807, 2.05) is 6.07 Å². The van der Waals surface area contributed by atoms with Crippen molar-refractivity contribution >= 4 is 0 Å². The second kappa shape index (κ2) is 5.19. The molecule has 1 aliphatic rings. The second-order valence-electron chi connectivity index (χ2n) is 5.92. The van der Waals surface area contributed by atoms with Gasteiger partial charge in [0.15, 0.2) is 0 Å². The summed E-state index contributed by atoms with van der Waals surface area (Å²) in [6.45, 7) is 8.63. The Bertz CT molecular complexity index is 342. The van der Waals surface area contributed by atoms with Crippen LogP contribution in [0.4, 0.5) is 0 Å². The molecule has 1 unspecified atom stereocenters. The summed E-state index contributed by atoms with van der Waals surface area (Å²) in [5.41, 5.74) is 1.54. The Labute approximate surface area is 105 Å². The van der Waals surface area contributed by atoms with E-state index in [9.17, 15) is 0 Å². The lowest BCUT2D eigenvalue weighted by Crippen LogP contribution is -2.39. The average molecular weight is 233 g/mol. The summed E-state index contributed by atoms with van der Waals surface area (Å²) in [5, 5.41) is 2.19. The van der Waals surface area contributed by atoms with Crippen molar-refractivity contribution in [1.29, 1.82) is 0 Å². The fourth-order valence-electron chi connectivity index (χ4n) is 2.49. The van der Waals surface area contributed by atoms with Gasteiger partial charge in [-0.1, -0.05) is 51.1 Å². The Morgan fingerprint density at radius 2 is 1.94 bits per heavy atom. The van der Waals surface area contributed by atoms with Crippen molar-refractivity contribution in [3.8, 4) is 0 Å².